The average molecular weight is 466 g/mol. The molecule has 0 atom stereocenters. The van der Waals surface area contributed by atoms with Gasteiger partial charge in [-0.3, -0.25) is 9.78 Å². The lowest BCUT2D eigenvalue weighted by Gasteiger charge is -2.09. The second-order valence-electron chi connectivity index (χ2n) is 6.98. The van der Waals surface area contributed by atoms with Gasteiger partial charge in [-0.05, 0) is 54.4 Å². The Morgan fingerprint density at radius 3 is 2.66 bits per heavy atom. The number of carbonyl (C=O) groups excluding carboxylic acids is 1. The highest BCUT2D eigenvalue weighted by atomic mass is 32.2. The summed E-state index contributed by atoms with van der Waals surface area (Å²) in [5.74, 6) is 0.640. The van der Waals surface area contributed by atoms with Gasteiger partial charge >= 0.3 is 0 Å². The van der Waals surface area contributed by atoms with Crippen molar-refractivity contribution in [2.75, 3.05) is 0 Å². The summed E-state index contributed by atoms with van der Waals surface area (Å²) in [6, 6.07) is 15.5. The van der Waals surface area contributed by atoms with Crippen molar-refractivity contribution in [3.8, 4) is 11.5 Å². The molecule has 0 saturated carbocycles. The molecule has 1 N–H and O–H groups in total. The number of hydrogen-bond acceptors (Lipinski definition) is 6. The molecule has 2 heterocycles. The van der Waals surface area contributed by atoms with E-state index in [9.17, 15) is 9.18 Å². The lowest BCUT2D eigenvalue weighted by atomic mass is 10.1. The maximum atomic E-state index is 14.4. The molecule has 0 aliphatic heterocycles. The van der Waals surface area contributed by atoms with Gasteiger partial charge in [-0.15, -0.1) is 11.3 Å². The van der Waals surface area contributed by atoms with Crippen LogP contribution in [0, 0.1) is 12.7 Å². The van der Waals surface area contributed by atoms with Gasteiger partial charge in [-0.1, -0.05) is 30.0 Å². The molecule has 8 heteroatoms. The van der Waals surface area contributed by atoms with Gasteiger partial charge in [0.25, 0.3) is 5.91 Å². The van der Waals surface area contributed by atoms with E-state index >= 15 is 0 Å². The smallest absolute Gasteiger partial charge is 0.251 e. The number of halogens is 1. The number of aryl methyl sites for hydroxylation is 1. The van der Waals surface area contributed by atoms with Crippen LogP contribution in [0.25, 0.3) is 0 Å². The molecule has 0 bridgehead atoms. The number of nitrogens with one attached hydrogen (secondary N) is 1. The number of hydrogen-bond donors (Lipinski definition) is 1. The first-order valence-corrected chi connectivity index (χ1v) is 11.7. The van der Waals surface area contributed by atoms with Crippen molar-refractivity contribution in [1.29, 1.82) is 0 Å². The number of ether oxygens (including phenoxy) is 1. The average Bonchev–Trinajstić information content (AvgIpc) is 3.24. The summed E-state index contributed by atoms with van der Waals surface area (Å²) in [6.45, 7) is 2.19. The molecule has 0 spiro atoms. The van der Waals surface area contributed by atoms with E-state index in [1.807, 2.05) is 24.4 Å². The molecule has 162 valence electrons. The monoisotopic (exact) mass is 465 g/mol. The highest BCUT2D eigenvalue weighted by Crippen LogP contribution is 2.26. The Bertz CT molecular complexity index is 1200. The number of pyridine rings is 1. The van der Waals surface area contributed by atoms with Crippen LogP contribution in [-0.4, -0.2) is 15.9 Å². The number of carbonyl (C=O) groups is 1. The first kappa shape index (κ1) is 22.0. The first-order valence-electron chi connectivity index (χ1n) is 9.85. The zero-order chi connectivity index (χ0) is 22.3. The Kier molecular flexibility index (Phi) is 7.14. The SMILES string of the molecule is Cc1csc(SCc2ccc(C(=O)NCc3ccc(Oc4cccnc4)c(F)c3)cc2)n1. The maximum Gasteiger partial charge on any atom is 0.251 e. The molecule has 4 aromatic rings. The lowest BCUT2D eigenvalue weighted by molar-refractivity contribution is 0.0951. The molecule has 0 radical (unpaired) electrons. The molecular weight excluding hydrogens is 445 g/mol. The van der Waals surface area contributed by atoms with Gasteiger partial charge in [-0.2, -0.15) is 0 Å². The van der Waals surface area contributed by atoms with Gasteiger partial charge in [-0.25, -0.2) is 9.37 Å². The summed E-state index contributed by atoms with van der Waals surface area (Å²) in [5, 5.41) is 4.85. The van der Waals surface area contributed by atoms with E-state index in [1.54, 1.807) is 65.7 Å². The Labute approximate surface area is 193 Å². The third kappa shape index (κ3) is 5.93. The minimum absolute atomic E-state index is 0.106. The standard InChI is InChI=1S/C24H20FN3O2S2/c1-16-14-31-24(28-16)32-15-17-4-7-19(8-5-17)23(29)27-12-18-6-9-22(21(25)11-18)30-20-3-2-10-26-13-20/h2-11,13-14H,12,15H2,1H3,(H,27,29). The van der Waals surface area contributed by atoms with Gasteiger partial charge in [0, 0.05) is 35.1 Å². The van der Waals surface area contributed by atoms with Crippen LogP contribution >= 0.6 is 23.1 Å². The van der Waals surface area contributed by atoms with Crippen molar-refractivity contribution in [3.63, 3.8) is 0 Å². The van der Waals surface area contributed by atoms with Crippen molar-refractivity contribution in [2.45, 2.75) is 23.6 Å². The largest absolute Gasteiger partial charge is 0.453 e. The van der Waals surface area contributed by atoms with Gasteiger partial charge in [0.05, 0.1) is 6.20 Å². The third-order valence-corrected chi connectivity index (χ3v) is 6.70. The summed E-state index contributed by atoms with van der Waals surface area (Å²) < 4.78 is 20.9. The van der Waals surface area contributed by atoms with Gasteiger partial charge in [0.2, 0.25) is 0 Å². The maximum absolute atomic E-state index is 14.4. The van der Waals surface area contributed by atoms with Crippen LogP contribution in [0.5, 0.6) is 11.5 Å². The van der Waals surface area contributed by atoms with E-state index in [0.29, 0.717) is 16.9 Å². The predicted molar refractivity (Wildman–Crippen MR) is 125 cm³/mol. The van der Waals surface area contributed by atoms with E-state index in [4.69, 9.17) is 4.74 Å². The molecule has 2 aromatic carbocycles. The van der Waals surface area contributed by atoms with Crippen molar-refractivity contribution in [2.24, 2.45) is 0 Å². The van der Waals surface area contributed by atoms with Crippen molar-refractivity contribution < 1.29 is 13.9 Å². The Morgan fingerprint density at radius 1 is 1.16 bits per heavy atom. The fourth-order valence-electron chi connectivity index (χ4n) is 2.85. The summed E-state index contributed by atoms with van der Waals surface area (Å²) in [7, 11) is 0. The molecule has 32 heavy (non-hydrogen) atoms. The molecule has 0 aliphatic rings. The zero-order valence-corrected chi connectivity index (χ0v) is 18.9. The second kappa shape index (κ2) is 10.4. The molecule has 0 fully saturated rings. The van der Waals surface area contributed by atoms with Crippen LogP contribution in [0.15, 0.2) is 76.7 Å². The number of nitrogens with zero attached hydrogens (tertiary/aromatic N) is 2. The number of benzene rings is 2. The molecule has 4 rings (SSSR count). The van der Waals surface area contributed by atoms with Crippen molar-refractivity contribution >= 4 is 29.0 Å². The highest BCUT2D eigenvalue weighted by Gasteiger charge is 2.09. The van der Waals surface area contributed by atoms with E-state index in [1.165, 1.54) is 12.3 Å². The van der Waals surface area contributed by atoms with Crippen LogP contribution in [0.2, 0.25) is 0 Å². The van der Waals surface area contributed by atoms with E-state index in [0.717, 1.165) is 21.3 Å². The normalized spacial score (nSPS) is 10.7. The Hall–Kier alpha value is -3.23. The fraction of sp³-hybridized carbons (Fsp3) is 0.125. The zero-order valence-electron chi connectivity index (χ0n) is 17.2. The van der Waals surface area contributed by atoms with Crippen molar-refractivity contribution in [1.82, 2.24) is 15.3 Å². The molecule has 1 amide bonds. The first-order chi connectivity index (χ1) is 15.6. The van der Waals surface area contributed by atoms with E-state index in [2.05, 4.69) is 15.3 Å². The summed E-state index contributed by atoms with van der Waals surface area (Å²) in [6.07, 6.45) is 3.13. The molecule has 0 unspecified atom stereocenters. The predicted octanol–water partition coefficient (Wildman–Crippen LogP) is 6.00. The minimum atomic E-state index is -0.502. The third-order valence-electron chi connectivity index (χ3n) is 4.49. The number of thiazole rings is 1. The molecule has 0 aliphatic carbocycles. The van der Waals surface area contributed by atoms with Crippen LogP contribution in [0.3, 0.4) is 0 Å². The van der Waals surface area contributed by atoms with E-state index < -0.39 is 5.82 Å². The van der Waals surface area contributed by atoms with Crippen molar-refractivity contribution in [3.05, 3.63) is 101 Å². The van der Waals surface area contributed by atoms with Crippen LogP contribution in [0.4, 0.5) is 4.39 Å². The van der Waals surface area contributed by atoms with Gasteiger partial charge in [0.15, 0.2) is 11.6 Å². The molecule has 2 aromatic heterocycles. The fourth-order valence-corrected chi connectivity index (χ4v) is 4.66. The Morgan fingerprint density at radius 2 is 1.97 bits per heavy atom. The number of rotatable bonds is 8. The number of thioether (sulfide) groups is 1. The van der Waals surface area contributed by atoms with Crippen LogP contribution in [-0.2, 0) is 12.3 Å². The van der Waals surface area contributed by atoms with Gasteiger partial charge < -0.3 is 10.1 Å². The number of amides is 1. The quantitative estimate of drug-likeness (QED) is 0.323. The topological polar surface area (TPSA) is 64.1 Å². The minimum Gasteiger partial charge on any atom is -0.453 e. The molecular formula is C24H20FN3O2S2. The lowest BCUT2D eigenvalue weighted by Crippen LogP contribution is -2.22. The number of aromatic nitrogens is 2. The van der Waals surface area contributed by atoms with E-state index in [-0.39, 0.29) is 18.2 Å². The second-order valence-corrected chi connectivity index (χ2v) is 9.06. The summed E-state index contributed by atoms with van der Waals surface area (Å²) in [4.78, 5) is 20.8. The summed E-state index contributed by atoms with van der Waals surface area (Å²) >= 11 is 3.31. The van der Waals surface area contributed by atoms with Crippen LogP contribution in [0.1, 0.15) is 27.2 Å². The molecule has 5 nitrogen and oxygen atoms in total. The van der Waals surface area contributed by atoms with Crippen LogP contribution < -0.4 is 10.1 Å². The summed E-state index contributed by atoms with van der Waals surface area (Å²) in [5.41, 5.74) is 3.34. The molecule has 0 saturated heterocycles. The highest BCUT2D eigenvalue weighted by molar-refractivity contribution is 8.00. The van der Waals surface area contributed by atoms with Gasteiger partial charge in [0.1, 0.15) is 10.1 Å². The Balaban J connectivity index is 1.29.